The van der Waals surface area contributed by atoms with Gasteiger partial charge in [-0.1, -0.05) is 11.6 Å². The second-order valence-electron chi connectivity index (χ2n) is 8.28. The third-order valence-electron chi connectivity index (χ3n) is 4.69. The number of fused-ring (bicyclic) bond motifs is 1. The van der Waals surface area contributed by atoms with E-state index in [2.05, 4.69) is 25.3 Å². The van der Waals surface area contributed by atoms with Crippen LogP contribution < -0.4 is 5.32 Å². The maximum atomic E-state index is 12.4. The van der Waals surface area contributed by atoms with Gasteiger partial charge in [0.2, 0.25) is 0 Å². The van der Waals surface area contributed by atoms with Crippen LogP contribution in [0.3, 0.4) is 0 Å². The Morgan fingerprint density at radius 3 is 2.90 bits per heavy atom. The highest BCUT2D eigenvalue weighted by atomic mass is 35.5. The van der Waals surface area contributed by atoms with E-state index in [0.29, 0.717) is 29.9 Å². The van der Waals surface area contributed by atoms with Crippen molar-refractivity contribution in [2.24, 2.45) is 0 Å². The number of pyridine rings is 1. The number of rotatable bonds is 3. The van der Waals surface area contributed by atoms with Crippen molar-refractivity contribution in [1.82, 2.24) is 29.4 Å². The molecule has 0 unspecified atom stereocenters. The van der Waals surface area contributed by atoms with Crippen molar-refractivity contribution in [3.05, 3.63) is 36.1 Å². The Morgan fingerprint density at radius 1 is 1.27 bits per heavy atom. The number of anilines is 1. The Hall–Kier alpha value is -2.94. The number of halogens is 1. The molecule has 9 nitrogen and oxygen atoms in total. The SMILES string of the molecule is CC(C)(C)OC(=O)N1CCC[C@@H](Nc2cncc(-n3cnc4cc(Cl)ncc43)n2)C1. The smallest absolute Gasteiger partial charge is 0.410 e. The molecular weight excluding hydrogens is 406 g/mol. The molecule has 0 radical (unpaired) electrons. The van der Waals surface area contributed by atoms with Gasteiger partial charge >= 0.3 is 6.09 Å². The average Bonchev–Trinajstić information content (AvgIpc) is 3.10. The third-order valence-corrected chi connectivity index (χ3v) is 4.90. The van der Waals surface area contributed by atoms with E-state index in [1.807, 2.05) is 25.3 Å². The fourth-order valence-electron chi connectivity index (χ4n) is 3.40. The lowest BCUT2D eigenvalue weighted by molar-refractivity contribution is 0.0206. The van der Waals surface area contributed by atoms with Gasteiger partial charge in [0.1, 0.15) is 22.9 Å². The Bertz CT molecular complexity index is 1060. The topological polar surface area (TPSA) is 98.1 Å². The zero-order chi connectivity index (χ0) is 21.3. The van der Waals surface area contributed by atoms with E-state index < -0.39 is 5.60 Å². The van der Waals surface area contributed by atoms with Gasteiger partial charge in [-0.25, -0.2) is 19.7 Å². The summed E-state index contributed by atoms with van der Waals surface area (Å²) in [7, 11) is 0. The molecular formula is C20H24ClN7O2. The van der Waals surface area contributed by atoms with Gasteiger partial charge < -0.3 is 15.0 Å². The highest BCUT2D eigenvalue weighted by Gasteiger charge is 2.27. The van der Waals surface area contributed by atoms with Gasteiger partial charge in [-0.15, -0.1) is 0 Å². The number of nitrogens with one attached hydrogen (secondary N) is 1. The molecule has 0 aliphatic carbocycles. The van der Waals surface area contributed by atoms with Crippen LogP contribution in [0.15, 0.2) is 31.0 Å². The van der Waals surface area contributed by atoms with Gasteiger partial charge in [0.05, 0.1) is 29.6 Å². The molecule has 1 N–H and O–H groups in total. The number of piperidine rings is 1. The van der Waals surface area contributed by atoms with Crippen LogP contribution >= 0.6 is 11.6 Å². The molecule has 1 atom stereocenters. The minimum Gasteiger partial charge on any atom is -0.444 e. The quantitative estimate of drug-likeness (QED) is 0.634. The molecule has 158 valence electrons. The molecule has 0 bridgehead atoms. The first-order valence-corrected chi connectivity index (χ1v) is 10.2. The Balaban J connectivity index is 1.48. The molecule has 3 aromatic heterocycles. The number of aromatic nitrogens is 5. The standard InChI is InChI=1S/C20H24ClN7O2/c1-20(2,3)30-19(29)27-6-4-5-13(11-27)25-17-9-22-10-18(26-17)28-12-24-14-7-16(21)23-8-15(14)28/h7-10,12-13H,4-6,11H2,1-3H3,(H,25,26)/t13-/m1/s1. The molecule has 3 aromatic rings. The van der Waals surface area contributed by atoms with Crippen LogP contribution in [0, 0.1) is 0 Å². The van der Waals surface area contributed by atoms with Crippen molar-refractivity contribution in [2.75, 3.05) is 18.4 Å². The first-order valence-electron chi connectivity index (χ1n) is 9.84. The zero-order valence-corrected chi connectivity index (χ0v) is 17.9. The van der Waals surface area contributed by atoms with Crippen LogP contribution in [0.1, 0.15) is 33.6 Å². The summed E-state index contributed by atoms with van der Waals surface area (Å²) >= 11 is 5.94. The Labute approximate surface area is 179 Å². The van der Waals surface area contributed by atoms with Crippen LogP contribution in [0.25, 0.3) is 16.9 Å². The second kappa shape index (κ2) is 8.06. The molecule has 0 spiro atoms. The molecule has 1 aliphatic heterocycles. The van der Waals surface area contributed by atoms with E-state index in [-0.39, 0.29) is 12.1 Å². The average molecular weight is 430 g/mol. The number of nitrogens with zero attached hydrogens (tertiary/aromatic N) is 6. The largest absolute Gasteiger partial charge is 0.444 e. The van der Waals surface area contributed by atoms with Crippen LogP contribution in [0.4, 0.5) is 10.6 Å². The summed E-state index contributed by atoms with van der Waals surface area (Å²) in [5, 5.41) is 3.78. The highest BCUT2D eigenvalue weighted by molar-refractivity contribution is 6.29. The van der Waals surface area contributed by atoms with E-state index in [0.717, 1.165) is 23.9 Å². The monoisotopic (exact) mass is 429 g/mol. The summed E-state index contributed by atoms with van der Waals surface area (Å²) in [6.45, 7) is 6.85. The summed E-state index contributed by atoms with van der Waals surface area (Å²) < 4.78 is 7.31. The van der Waals surface area contributed by atoms with Crippen LogP contribution in [0.5, 0.6) is 0 Å². The number of imidazole rings is 1. The molecule has 4 heterocycles. The zero-order valence-electron chi connectivity index (χ0n) is 17.2. The number of ether oxygens (including phenoxy) is 1. The first-order chi connectivity index (χ1) is 14.3. The minimum absolute atomic E-state index is 0.0656. The van der Waals surface area contributed by atoms with Crippen molar-refractivity contribution in [1.29, 1.82) is 0 Å². The van der Waals surface area contributed by atoms with Crippen molar-refractivity contribution in [2.45, 2.75) is 45.3 Å². The molecule has 1 amide bonds. The molecule has 1 saturated heterocycles. The summed E-state index contributed by atoms with van der Waals surface area (Å²) in [4.78, 5) is 31.6. The third kappa shape index (κ3) is 4.62. The second-order valence-corrected chi connectivity index (χ2v) is 8.67. The van der Waals surface area contributed by atoms with E-state index in [1.165, 1.54) is 0 Å². The minimum atomic E-state index is -0.510. The lowest BCUT2D eigenvalue weighted by Crippen LogP contribution is -2.47. The van der Waals surface area contributed by atoms with Gasteiger partial charge in [0, 0.05) is 25.2 Å². The Morgan fingerprint density at radius 2 is 2.10 bits per heavy atom. The molecule has 1 aliphatic rings. The number of carbonyl (C=O) groups excluding carboxylic acids is 1. The van der Waals surface area contributed by atoms with Crippen molar-refractivity contribution >= 4 is 34.5 Å². The summed E-state index contributed by atoms with van der Waals surface area (Å²) in [6, 6.07) is 1.77. The predicted molar refractivity (Wildman–Crippen MR) is 114 cm³/mol. The normalized spacial score (nSPS) is 17.2. The lowest BCUT2D eigenvalue weighted by Gasteiger charge is -2.34. The van der Waals surface area contributed by atoms with Crippen molar-refractivity contribution in [3.63, 3.8) is 0 Å². The van der Waals surface area contributed by atoms with Crippen molar-refractivity contribution in [3.8, 4) is 5.82 Å². The van der Waals surface area contributed by atoms with Gasteiger partial charge in [-0.3, -0.25) is 9.55 Å². The molecule has 0 aromatic carbocycles. The van der Waals surface area contributed by atoms with Crippen LogP contribution in [-0.4, -0.2) is 60.2 Å². The van der Waals surface area contributed by atoms with Crippen LogP contribution in [-0.2, 0) is 4.74 Å². The number of hydrogen-bond donors (Lipinski definition) is 1. The molecule has 30 heavy (non-hydrogen) atoms. The van der Waals surface area contributed by atoms with E-state index in [1.54, 1.807) is 35.9 Å². The molecule has 4 rings (SSSR count). The fourth-order valence-corrected chi connectivity index (χ4v) is 3.56. The molecule has 0 saturated carbocycles. The molecule has 10 heteroatoms. The predicted octanol–water partition coefficient (Wildman–Crippen LogP) is 3.68. The van der Waals surface area contributed by atoms with Gasteiger partial charge in [0.15, 0.2) is 5.82 Å². The summed E-state index contributed by atoms with van der Waals surface area (Å²) in [6.07, 6.45) is 8.20. The van der Waals surface area contributed by atoms with Gasteiger partial charge in [0.25, 0.3) is 0 Å². The molecule has 1 fully saturated rings. The summed E-state index contributed by atoms with van der Waals surface area (Å²) in [5.41, 5.74) is 1.01. The number of likely N-dealkylation sites (tertiary alicyclic amines) is 1. The van der Waals surface area contributed by atoms with Gasteiger partial charge in [-0.2, -0.15) is 0 Å². The van der Waals surface area contributed by atoms with Crippen LogP contribution in [0.2, 0.25) is 5.15 Å². The van der Waals surface area contributed by atoms with E-state index in [9.17, 15) is 4.79 Å². The fraction of sp³-hybridized carbons (Fsp3) is 0.450. The van der Waals surface area contributed by atoms with E-state index in [4.69, 9.17) is 16.3 Å². The van der Waals surface area contributed by atoms with Crippen molar-refractivity contribution < 1.29 is 9.53 Å². The number of hydrogen-bond acceptors (Lipinski definition) is 7. The van der Waals surface area contributed by atoms with Gasteiger partial charge in [-0.05, 0) is 33.6 Å². The maximum absolute atomic E-state index is 12.4. The van der Waals surface area contributed by atoms with E-state index >= 15 is 0 Å². The number of amides is 1. The Kier molecular flexibility index (Phi) is 5.46. The first kappa shape index (κ1) is 20.3. The maximum Gasteiger partial charge on any atom is 0.410 e. The summed E-state index contributed by atoms with van der Waals surface area (Å²) in [5.74, 6) is 1.25. The highest BCUT2D eigenvalue weighted by Crippen LogP contribution is 2.21. The lowest BCUT2D eigenvalue weighted by atomic mass is 10.1. The number of carbonyl (C=O) groups is 1.